The first kappa shape index (κ1) is 26.3. The first-order valence-corrected chi connectivity index (χ1v) is 16.7. The first-order valence-electron chi connectivity index (χ1n) is 15.9. The molecule has 4 heteroatoms. The van der Waals surface area contributed by atoms with E-state index in [-0.39, 0.29) is 0 Å². The lowest BCUT2D eigenvalue weighted by molar-refractivity contribution is 1.10. The predicted octanol–water partition coefficient (Wildman–Crippen LogP) is 11.8. The summed E-state index contributed by atoms with van der Waals surface area (Å²) >= 11 is 1.89. The van der Waals surface area contributed by atoms with Gasteiger partial charge in [-0.25, -0.2) is 4.98 Å². The third-order valence-corrected chi connectivity index (χ3v) is 10.5. The molecule has 3 heterocycles. The van der Waals surface area contributed by atoms with Crippen molar-refractivity contribution in [2.45, 2.75) is 0 Å². The molecule has 3 nitrogen and oxygen atoms in total. The third kappa shape index (κ3) is 3.95. The molecule has 0 radical (unpaired) electrons. The normalized spacial score (nSPS) is 11.8. The van der Waals surface area contributed by atoms with Crippen LogP contribution >= 0.6 is 11.3 Å². The molecule has 47 heavy (non-hydrogen) atoms. The molecule has 10 aromatic rings. The summed E-state index contributed by atoms with van der Waals surface area (Å²) in [5, 5.41) is 5.14. The average Bonchev–Trinajstić information content (AvgIpc) is 3.82. The Hall–Kier alpha value is -5.97. The van der Waals surface area contributed by atoms with E-state index in [4.69, 9.17) is 4.98 Å². The summed E-state index contributed by atoms with van der Waals surface area (Å²) in [5.41, 5.74) is 10.4. The van der Waals surface area contributed by atoms with Crippen LogP contribution in [0.4, 0.5) is 0 Å². The Morgan fingerprint density at radius 3 is 1.96 bits per heavy atom. The van der Waals surface area contributed by atoms with Crippen LogP contribution in [0.1, 0.15) is 0 Å². The number of nitrogens with zero attached hydrogens (tertiary/aromatic N) is 3. The Morgan fingerprint density at radius 2 is 1.13 bits per heavy atom. The van der Waals surface area contributed by atoms with Crippen LogP contribution in [0.3, 0.4) is 0 Å². The predicted molar refractivity (Wildman–Crippen MR) is 199 cm³/mol. The molecular formula is C43H27N3S. The van der Waals surface area contributed by atoms with E-state index in [0.717, 1.165) is 33.8 Å². The molecule has 0 aliphatic carbocycles. The highest BCUT2D eigenvalue weighted by atomic mass is 32.1. The summed E-state index contributed by atoms with van der Waals surface area (Å²) in [7, 11) is 0. The van der Waals surface area contributed by atoms with Crippen molar-refractivity contribution in [1.82, 2.24) is 14.1 Å². The molecule has 0 saturated heterocycles. The quantitative estimate of drug-likeness (QED) is 0.193. The van der Waals surface area contributed by atoms with Crippen molar-refractivity contribution in [1.29, 1.82) is 0 Å². The zero-order valence-electron chi connectivity index (χ0n) is 25.3. The average molecular weight is 618 g/mol. The van der Waals surface area contributed by atoms with E-state index in [1.807, 2.05) is 11.3 Å². The zero-order chi connectivity index (χ0) is 30.9. The Balaban J connectivity index is 1.22. The minimum Gasteiger partial charge on any atom is -0.309 e. The van der Waals surface area contributed by atoms with Crippen LogP contribution in [0.15, 0.2) is 164 Å². The van der Waals surface area contributed by atoms with Crippen LogP contribution in [0.25, 0.3) is 86.9 Å². The third-order valence-electron chi connectivity index (χ3n) is 9.34. The second-order valence-corrected chi connectivity index (χ2v) is 13.0. The first-order chi connectivity index (χ1) is 23.3. The molecule has 0 bridgehead atoms. The summed E-state index contributed by atoms with van der Waals surface area (Å²) in [6.45, 7) is 0. The van der Waals surface area contributed by atoms with Gasteiger partial charge in [-0.3, -0.25) is 4.57 Å². The second-order valence-electron chi connectivity index (χ2n) is 12.0. The lowest BCUT2D eigenvalue weighted by Gasteiger charge is -2.12. The second kappa shape index (κ2) is 10.3. The fraction of sp³-hybridized carbons (Fsp3) is 0. The zero-order valence-corrected chi connectivity index (χ0v) is 26.2. The monoisotopic (exact) mass is 617 g/mol. The van der Waals surface area contributed by atoms with Crippen molar-refractivity contribution in [2.24, 2.45) is 0 Å². The summed E-state index contributed by atoms with van der Waals surface area (Å²) in [4.78, 5) is 5.11. The Labute approximate surface area is 275 Å². The SMILES string of the molecule is c1ccc(-c2cccc3c2sc2ccc4c5ccccc5n(-c5ccc(-c6nc7ccccc7n6-c6ccccc6)cc5)c4c23)cc1. The number of aromatic nitrogens is 3. The van der Waals surface area contributed by atoms with Gasteiger partial charge in [-0.1, -0.05) is 103 Å². The maximum atomic E-state index is 5.11. The van der Waals surface area contributed by atoms with Crippen LogP contribution in [-0.2, 0) is 0 Å². The number of imidazole rings is 1. The number of thiophene rings is 1. The van der Waals surface area contributed by atoms with Crippen molar-refractivity contribution >= 4 is 64.3 Å². The molecular weight excluding hydrogens is 591 g/mol. The van der Waals surface area contributed by atoms with E-state index < -0.39 is 0 Å². The molecule has 220 valence electrons. The molecule has 0 amide bonds. The molecule has 0 atom stereocenters. The van der Waals surface area contributed by atoms with Crippen molar-refractivity contribution in [3.63, 3.8) is 0 Å². The standard InChI is InChI=1S/C43H27N3S/c1-3-12-28(13-4-1)32-17-11-18-35-40-39(47-42(32)35)27-26-34-33-16-7-9-20-37(33)45(41(34)40)31-24-22-29(23-25-31)43-44-36-19-8-10-21-38(36)46(43)30-14-5-2-6-15-30/h1-27H. The minimum absolute atomic E-state index is 0.936. The van der Waals surface area contributed by atoms with E-state index in [2.05, 4.69) is 173 Å². The molecule has 10 rings (SSSR count). The summed E-state index contributed by atoms with van der Waals surface area (Å²) in [5.74, 6) is 0.936. The molecule has 0 spiro atoms. The van der Waals surface area contributed by atoms with E-state index in [0.29, 0.717) is 0 Å². The number of hydrogen-bond acceptors (Lipinski definition) is 2. The van der Waals surface area contributed by atoms with Crippen LogP contribution in [-0.4, -0.2) is 14.1 Å². The van der Waals surface area contributed by atoms with Crippen LogP contribution in [0.5, 0.6) is 0 Å². The summed E-state index contributed by atoms with van der Waals surface area (Å²) in [6.07, 6.45) is 0. The molecule has 0 N–H and O–H groups in total. The molecule has 0 fully saturated rings. The van der Waals surface area contributed by atoms with E-state index in [1.165, 1.54) is 53.1 Å². The van der Waals surface area contributed by atoms with Gasteiger partial charge in [-0.2, -0.15) is 0 Å². The van der Waals surface area contributed by atoms with Gasteiger partial charge in [0.25, 0.3) is 0 Å². The fourth-order valence-electron chi connectivity index (χ4n) is 7.27. The Morgan fingerprint density at radius 1 is 0.447 bits per heavy atom. The van der Waals surface area contributed by atoms with E-state index >= 15 is 0 Å². The van der Waals surface area contributed by atoms with Crippen molar-refractivity contribution in [3.8, 4) is 33.9 Å². The maximum absolute atomic E-state index is 5.11. The molecule has 0 saturated carbocycles. The largest absolute Gasteiger partial charge is 0.309 e. The van der Waals surface area contributed by atoms with Crippen molar-refractivity contribution in [2.75, 3.05) is 0 Å². The lowest BCUT2D eigenvalue weighted by atomic mass is 10.0. The highest BCUT2D eigenvalue weighted by molar-refractivity contribution is 7.26. The van der Waals surface area contributed by atoms with E-state index in [9.17, 15) is 0 Å². The molecule has 0 unspecified atom stereocenters. The Bertz CT molecular complexity index is 2770. The number of para-hydroxylation sites is 4. The minimum atomic E-state index is 0.936. The number of rotatable bonds is 4. The highest BCUT2D eigenvalue weighted by Gasteiger charge is 2.20. The summed E-state index contributed by atoms with van der Waals surface area (Å²) in [6, 6.07) is 58.7. The van der Waals surface area contributed by atoms with Gasteiger partial charge in [0.1, 0.15) is 5.82 Å². The van der Waals surface area contributed by atoms with Gasteiger partial charge in [-0.05, 0) is 71.8 Å². The van der Waals surface area contributed by atoms with Gasteiger partial charge in [0, 0.05) is 47.9 Å². The topological polar surface area (TPSA) is 22.8 Å². The van der Waals surface area contributed by atoms with Gasteiger partial charge in [0.2, 0.25) is 0 Å². The van der Waals surface area contributed by atoms with Crippen LogP contribution in [0, 0.1) is 0 Å². The van der Waals surface area contributed by atoms with Gasteiger partial charge in [0.15, 0.2) is 0 Å². The van der Waals surface area contributed by atoms with Gasteiger partial charge in [-0.15, -0.1) is 11.3 Å². The number of benzene rings is 7. The number of fused-ring (bicyclic) bond motifs is 8. The fourth-order valence-corrected chi connectivity index (χ4v) is 8.51. The highest BCUT2D eigenvalue weighted by Crippen LogP contribution is 2.45. The van der Waals surface area contributed by atoms with Crippen LogP contribution in [0.2, 0.25) is 0 Å². The van der Waals surface area contributed by atoms with Crippen molar-refractivity contribution in [3.05, 3.63) is 164 Å². The van der Waals surface area contributed by atoms with Crippen LogP contribution < -0.4 is 0 Å². The number of hydrogen-bond donors (Lipinski definition) is 0. The molecule has 0 aliphatic rings. The van der Waals surface area contributed by atoms with Crippen molar-refractivity contribution < 1.29 is 0 Å². The van der Waals surface area contributed by atoms with Gasteiger partial charge >= 0.3 is 0 Å². The Kier molecular flexibility index (Phi) is 5.74. The molecule has 3 aromatic heterocycles. The smallest absolute Gasteiger partial charge is 0.145 e. The van der Waals surface area contributed by atoms with E-state index in [1.54, 1.807) is 0 Å². The van der Waals surface area contributed by atoms with Gasteiger partial charge < -0.3 is 4.57 Å². The lowest BCUT2D eigenvalue weighted by Crippen LogP contribution is -1.98. The summed E-state index contributed by atoms with van der Waals surface area (Å²) < 4.78 is 7.34. The molecule has 0 aliphatic heterocycles. The van der Waals surface area contributed by atoms with Gasteiger partial charge in [0.05, 0.1) is 22.1 Å². The maximum Gasteiger partial charge on any atom is 0.145 e. The molecule has 7 aromatic carbocycles.